The van der Waals surface area contributed by atoms with Crippen LogP contribution in [0.5, 0.6) is 5.75 Å². The Morgan fingerprint density at radius 2 is 1.93 bits per heavy atom. The second-order valence-corrected chi connectivity index (χ2v) is 9.90. The number of aromatic nitrogens is 1. The van der Waals surface area contributed by atoms with Crippen LogP contribution in [0.4, 0.5) is 0 Å². The minimum absolute atomic E-state index is 0.00860. The average Bonchev–Trinajstić information content (AvgIpc) is 3.10. The third-order valence-electron chi connectivity index (χ3n) is 8.24. The van der Waals surface area contributed by atoms with Gasteiger partial charge in [0.1, 0.15) is 5.75 Å². The number of benzene rings is 1. The lowest BCUT2D eigenvalue weighted by Gasteiger charge is -2.47. The van der Waals surface area contributed by atoms with Crippen molar-refractivity contribution in [1.29, 1.82) is 0 Å². The van der Waals surface area contributed by atoms with Gasteiger partial charge in [0.05, 0.1) is 25.3 Å². The molecule has 0 radical (unpaired) electrons. The largest absolute Gasteiger partial charge is 0.497 e. The molecular formula is C25H37N3O2. The van der Waals surface area contributed by atoms with Gasteiger partial charge in [0.15, 0.2) is 0 Å². The van der Waals surface area contributed by atoms with Crippen LogP contribution in [0.2, 0.25) is 0 Å². The van der Waals surface area contributed by atoms with E-state index in [0.717, 1.165) is 18.2 Å². The number of aliphatic hydroxyl groups is 1. The van der Waals surface area contributed by atoms with Gasteiger partial charge in [-0.3, -0.25) is 0 Å². The monoisotopic (exact) mass is 411 g/mol. The van der Waals surface area contributed by atoms with Crippen LogP contribution in [-0.4, -0.2) is 54.5 Å². The van der Waals surface area contributed by atoms with Crippen molar-refractivity contribution in [3.8, 4) is 5.75 Å². The molecule has 1 saturated heterocycles. The van der Waals surface area contributed by atoms with Crippen LogP contribution >= 0.6 is 0 Å². The van der Waals surface area contributed by atoms with Gasteiger partial charge in [-0.15, -0.1) is 0 Å². The second-order valence-electron chi connectivity index (χ2n) is 9.90. The minimum atomic E-state index is 0.00860. The summed E-state index contributed by atoms with van der Waals surface area (Å²) in [6, 6.07) is 6.48. The molecular weight excluding hydrogens is 374 g/mol. The van der Waals surface area contributed by atoms with Crippen molar-refractivity contribution in [1.82, 2.24) is 14.8 Å². The molecule has 30 heavy (non-hydrogen) atoms. The summed E-state index contributed by atoms with van der Waals surface area (Å²) >= 11 is 0. The number of nitrogens with one attached hydrogen (secondary N) is 1. The lowest BCUT2D eigenvalue weighted by molar-refractivity contribution is 0.114. The summed E-state index contributed by atoms with van der Waals surface area (Å²) in [6.45, 7) is 4.77. The molecule has 2 aromatic rings. The van der Waals surface area contributed by atoms with Gasteiger partial charge < -0.3 is 24.6 Å². The molecule has 2 aliphatic heterocycles. The first-order valence-electron chi connectivity index (χ1n) is 11.9. The lowest BCUT2D eigenvalue weighted by atomic mass is 9.68. The molecule has 5 rings (SSSR count). The highest BCUT2D eigenvalue weighted by atomic mass is 16.5. The zero-order valence-electron chi connectivity index (χ0n) is 18.6. The van der Waals surface area contributed by atoms with E-state index in [9.17, 15) is 5.11 Å². The van der Waals surface area contributed by atoms with Crippen LogP contribution in [0.1, 0.15) is 62.2 Å². The standard InChI is InChI=1S/C25H37N3O2/c1-27-22-14-19(30-2)8-9-20(22)23-24(27)21(16-29)26-17-25(23)10-12-28(13-11-25)15-18-6-4-3-5-7-18/h8-9,14,18,21,26,29H,3-7,10-13,15-17H2,1-2H3/t21-/m1/s1. The van der Waals surface area contributed by atoms with Crippen LogP contribution in [0.25, 0.3) is 10.9 Å². The maximum Gasteiger partial charge on any atom is 0.120 e. The summed E-state index contributed by atoms with van der Waals surface area (Å²) < 4.78 is 7.79. The smallest absolute Gasteiger partial charge is 0.120 e. The highest BCUT2D eigenvalue weighted by molar-refractivity contribution is 5.88. The normalized spacial score (nSPS) is 25.0. The van der Waals surface area contributed by atoms with Crippen molar-refractivity contribution in [2.24, 2.45) is 13.0 Å². The number of piperidine rings is 1. The van der Waals surface area contributed by atoms with E-state index in [-0.39, 0.29) is 18.1 Å². The first-order chi connectivity index (χ1) is 14.6. The Hall–Kier alpha value is -1.56. The zero-order chi connectivity index (χ0) is 20.7. The molecule has 1 spiro atoms. The number of rotatable bonds is 4. The number of aryl methyl sites for hydroxylation is 1. The van der Waals surface area contributed by atoms with Gasteiger partial charge in [-0.25, -0.2) is 0 Å². The summed E-state index contributed by atoms with van der Waals surface area (Å²) in [5, 5.41) is 15.1. The summed E-state index contributed by atoms with van der Waals surface area (Å²) in [7, 11) is 3.87. The van der Waals surface area contributed by atoms with Gasteiger partial charge in [-0.2, -0.15) is 0 Å². The van der Waals surface area contributed by atoms with Crippen LogP contribution in [0, 0.1) is 5.92 Å². The van der Waals surface area contributed by atoms with Crippen molar-refractivity contribution in [3.05, 3.63) is 29.5 Å². The molecule has 0 bridgehead atoms. The first kappa shape index (κ1) is 20.3. The molecule has 164 valence electrons. The fourth-order valence-corrected chi connectivity index (χ4v) is 6.51. The summed E-state index contributed by atoms with van der Waals surface area (Å²) in [5.74, 6) is 1.81. The van der Waals surface area contributed by atoms with Gasteiger partial charge in [-0.1, -0.05) is 19.3 Å². The molecule has 5 heteroatoms. The number of hydrogen-bond donors (Lipinski definition) is 2. The van der Waals surface area contributed by atoms with Gasteiger partial charge in [0, 0.05) is 42.7 Å². The predicted molar refractivity (Wildman–Crippen MR) is 121 cm³/mol. The van der Waals surface area contributed by atoms with Crippen molar-refractivity contribution in [3.63, 3.8) is 0 Å². The van der Waals surface area contributed by atoms with Crippen molar-refractivity contribution < 1.29 is 9.84 Å². The zero-order valence-corrected chi connectivity index (χ0v) is 18.6. The van der Waals surface area contributed by atoms with Crippen molar-refractivity contribution in [2.75, 3.05) is 39.9 Å². The Bertz CT molecular complexity index is 891. The van der Waals surface area contributed by atoms with Crippen LogP contribution < -0.4 is 10.1 Å². The third-order valence-corrected chi connectivity index (χ3v) is 8.24. The molecule has 3 aliphatic rings. The molecule has 0 unspecified atom stereocenters. The molecule has 3 heterocycles. The molecule has 1 atom stereocenters. The van der Waals surface area contributed by atoms with E-state index in [1.807, 2.05) is 0 Å². The third kappa shape index (κ3) is 3.35. The van der Waals surface area contributed by atoms with Crippen molar-refractivity contribution in [2.45, 2.75) is 56.4 Å². The van der Waals surface area contributed by atoms with Crippen LogP contribution in [0.3, 0.4) is 0 Å². The predicted octanol–water partition coefficient (Wildman–Crippen LogP) is 3.74. The number of fused-ring (bicyclic) bond motifs is 4. The molecule has 0 amide bonds. The van der Waals surface area contributed by atoms with E-state index in [4.69, 9.17) is 4.74 Å². The van der Waals surface area contributed by atoms with Crippen molar-refractivity contribution >= 4 is 10.9 Å². The van der Waals surface area contributed by atoms with E-state index >= 15 is 0 Å². The SMILES string of the molecule is COc1ccc2c3c(n(C)c2c1)[C@@H](CO)NCC31CCN(CC2CCCCC2)CC1. The lowest BCUT2D eigenvalue weighted by Crippen LogP contribution is -2.53. The highest BCUT2D eigenvalue weighted by Crippen LogP contribution is 2.47. The number of ether oxygens (including phenoxy) is 1. The van der Waals surface area contributed by atoms with E-state index < -0.39 is 0 Å². The average molecular weight is 412 g/mol. The molecule has 1 aromatic carbocycles. The van der Waals surface area contributed by atoms with Crippen LogP contribution in [0.15, 0.2) is 18.2 Å². The molecule has 1 aromatic heterocycles. The van der Waals surface area contributed by atoms with Gasteiger partial charge >= 0.3 is 0 Å². The van der Waals surface area contributed by atoms with E-state index in [0.29, 0.717) is 0 Å². The molecule has 5 nitrogen and oxygen atoms in total. The van der Waals surface area contributed by atoms with Gasteiger partial charge in [0.25, 0.3) is 0 Å². The molecule has 1 saturated carbocycles. The Labute approximate surface area is 180 Å². The molecule has 2 N–H and O–H groups in total. The molecule has 1 aliphatic carbocycles. The number of hydrogen-bond acceptors (Lipinski definition) is 4. The van der Waals surface area contributed by atoms with E-state index in [2.05, 4.69) is 40.0 Å². The fourth-order valence-electron chi connectivity index (χ4n) is 6.51. The Morgan fingerprint density at radius 1 is 1.17 bits per heavy atom. The van der Waals surface area contributed by atoms with Gasteiger partial charge in [-0.05, 0) is 62.4 Å². The second kappa shape index (κ2) is 8.18. The summed E-state index contributed by atoms with van der Waals surface area (Å²) in [4.78, 5) is 2.73. The number of nitrogens with zero attached hydrogens (tertiary/aromatic N) is 2. The van der Waals surface area contributed by atoms with E-state index in [1.165, 1.54) is 86.7 Å². The van der Waals surface area contributed by atoms with Crippen LogP contribution in [-0.2, 0) is 12.5 Å². The topological polar surface area (TPSA) is 49.7 Å². The van der Waals surface area contributed by atoms with Gasteiger partial charge in [0.2, 0.25) is 0 Å². The summed E-state index contributed by atoms with van der Waals surface area (Å²) in [5.41, 5.74) is 4.13. The maximum absolute atomic E-state index is 10.1. The number of methoxy groups -OCH3 is 1. The first-order valence-corrected chi connectivity index (χ1v) is 11.9. The summed E-state index contributed by atoms with van der Waals surface area (Å²) in [6.07, 6.45) is 9.54. The Balaban J connectivity index is 1.46. The highest BCUT2D eigenvalue weighted by Gasteiger charge is 2.45. The number of aliphatic hydroxyl groups excluding tert-OH is 1. The minimum Gasteiger partial charge on any atom is -0.497 e. The maximum atomic E-state index is 10.1. The number of likely N-dealkylation sites (tertiary alicyclic amines) is 1. The Morgan fingerprint density at radius 3 is 2.63 bits per heavy atom. The Kier molecular flexibility index (Phi) is 5.55. The quantitative estimate of drug-likeness (QED) is 0.805. The molecule has 2 fully saturated rings. The fraction of sp³-hybridized carbons (Fsp3) is 0.680. The van der Waals surface area contributed by atoms with E-state index in [1.54, 1.807) is 7.11 Å².